The Morgan fingerprint density at radius 2 is 2.19 bits per heavy atom. The van der Waals surface area contributed by atoms with Gasteiger partial charge in [-0.15, -0.1) is 0 Å². The second-order valence-corrected chi connectivity index (χ2v) is 5.89. The van der Waals surface area contributed by atoms with Crippen molar-refractivity contribution < 1.29 is 13.2 Å². The van der Waals surface area contributed by atoms with E-state index in [-0.39, 0.29) is 12.1 Å². The van der Waals surface area contributed by atoms with Crippen LogP contribution in [0.1, 0.15) is 13.8 Å². The number of hydrogen-bond donors (Lipinski definition) is 2. The van der Waals surface area contributed by atoms with Crippen molar-refractivity contribution in [3.8, 4) is 0 Å². The van der Waals surface area contributed by atoms with Crippen LogP contribution in [0.3, 0.4) is 0 Å². The van der Waals surface area contributed by atoms with Crippen molar-refractivity contribution in [2.75, 3.05) is 33.3 Å². The Balaban J connectivity index is 2.59. The monoisotopic (exact) mass is 251 g/mol. The highest BCUT2D eigenvalue weighted by Crippen LogP contribution is 2.08. The van der Waals surface area contributed by atoms with Crippen molar-refractivity contribution in [1.29, 1.82) is 0 Å². The molecule has 96 valence electrons. The Hall–Kier alpha value is -0.210. The lowest BCUT2D eigenvalue weighted by atomic mass is 10.3. The highest BCUT2D eigenvalue weighted by atomic mass is 32.2. The molecule has 1 aliphatic heterocycles. The molecular weight excluding hydrogens is 230 g/mol. The second-order valence-electron chi connectivity index (χ2n) is 4.19. The van der Waals surface area contributed by atoms with Crippen LogP contribution in [0.5, 0.6) is 0 Å². The van der Waals surface area contributed by atoms with Crippen LogP contribution in [-0.2, 0) is 14.9 Å². The maximum absolute atomic E-state index is 11.9. The Morgan fingerprint density at radius 3 is 2.75 bits per heavy atom. The van der Waals surface area contributed by atoms with Crippen LogP contribution in [0.25, 0.3) is 0 Å². The summed E-state index contributed by atoms with van der Waals surface area (Å²) in [4.78, 5) is 0. The first-order chi connectivity index (χ1) is 7.45. The Morgan fingerprint density at radius 1 is 1.50 bits per heavy atom. The highest BCUT2D eigenvalue weighted by Gasteiger charge is 2.29. The zero-order valence-electron chi connectivity index (χ0n) is 10.1. The van der Waals surface area contributed by atoms with Crippen molar-refractivity contribution in [3.05, 3.63) is 0 Å². The summed E-state index contributed by atoms with van der Waals surface area (Å²) in [5.41, 5.74) is 0. The number of hydrogen-bond acceptors (Lipinski definition) is 4. The maximum atomic E-state index is 11.9. The number of nitrogens with one attached hydrogen (secondary N) is 2. The molecule has 0 bridgehead atoms. The molecule has 1 unspecified atom stereocenters. The average Bonchev–Trinajstić information content (AvgIpc) is 2.16. The van der Waals surface area contributed by atoms with E-state index in [9.17, 15) is 8.42 Å². The zero-order valence-corrected chi connectivity index (χ0v) is 10.9. The lowest BCUT2D eigenvalue weighted by Crippen LogP contribution is -2.52. The molecule has 0 radical (unpaired) electrons. The second kappa shape index (κ2) is 5.92. The molecule has 0 aromatic heterocycles. The first-order valence-electron chi connectivity index (χ1n) is 5.49. The van der Waals surface area contributed by atoms with Crippen LogP contribution in [0.15, 0.2) is 0 Å². The van der Waals surface area contributed by atoms with Crippen molar-refractivity contribution >= 4 is 10.2 Å². The third-order valence-electron chi connectivity index (χ3n) is 2.26. The van der Waals surface area contributed by atoms with Gasteiger partial charge in [-0.3, -0.25) is 0 Å². The number of ether oxygens (including phenoxy) is 1. The van der Waals surface area contributed by atoms with E-state index in [0.29, 0.717) is 26.2 Å². The first kappa shape index (κ1) is 13.9. The van der Waals surface area contributed by atoms with Crippen LogP contribution < -0.4 is 10.0 Å². The SMILES string of the molecule is CNCC1CN(S(=O)(=O)NC(C)C)CCO1. The van der Waals surface area contributed by atoms with E-state index < -0.39 is 10.2 Å². The third-order valence-corrected chi connectivity index (χ3v) is 4.04. The molecule has 1 heterocycles. The van der Waals surface area contributed by atoms with Crippen LogP contribution >= 0.6 is 0 Å². The molecule has 0 aromatic rings. The van der Waals surface area contributed by atoms with Gasteiger partial charge in [-0.1, -0.05) is 0 Å². The van der Waals surface area contributed by atoms with E-state index in [1.54, 1.807) is 0 Å². The number of morpholine rings is 1. The lowest BCUT2D eigenvalue weighted by Gasteiger charge is -2.32. The molecule has 0 aliphatic carbocycles. The molecule has 0 saturated carbocycles. The topological polar surface area (TPSA) is 70.7 Å². The Labute approximate surface area is 97.5 Å². The van der Waals surface area contributed by atoms with Gasteiger partial charge in [-0.05, 0) is 20.9 Å². The fourth-order valence-electron chi connectivity index (χ4n) is 1.63. The Bertz CT molecular complexity index is 303. The predicted octanol–water partition coefficient (Wildman–Crippen LogP) is -0.851. The van der Waals surface area contributed by atoms with Crippen molar-refractivity contribution in [2.24, 2.45) is 0 Å². The molecule has 1 aliphatic rings. The van der Waals surface area contributed by atoms with Crippen LogP contribution in [-0.4, -0.2) is 58.2 Å². The van der Waals surface area contributed by atoms with E-state index in [4.69, 9.17) is 4.74 Å². The van der Waals surface area contributed by atoms with Gasteiger partial charge >= 0.3 is 0 Å². The Kier molecular flexibility index (Phi) is 5.13. The van der Waals surface area contributed by atoms with Gasteiger partial charge in [-0.2, -0.15) is 17.4 Å². The molecule has 1 fully saturated rings. The van der Waals surface area contributed by atoms with E-state index in [0.717, 1.165) is 0 Å². The summed E-state index contributed by atoms with van der Waals surface area (Å²) in [6.07, 6.45) is -0.0671. The van der Waals surface area contributed by atoms with Gasteiger partial charge in [0.2, 0.25) is 0 Å². The fraction of sp³-hybridized carbons (Fsp3) is 1.00. The van der Waals surface area contributed by atoms with Crippen molar-refractivity contribution in [3.63, 3.8) is 0 Å². The quantitative estimate of drug-likeness (QED) is 0.668. The maximum Gasteiger partial charge on any atom is 0.279 e. The van der Waals surface area contributed by atoms with E-state index in [2.05, 4.69) is 10.0 Å². The fourth-order valence-corrected chi connectivity index (χ4v) is 3.06. The van der Waals surface area contributed by atoms with Gasteiger partial charge in [0.15, 0.2) is 0 Å². The molecule has 1 saturated heterocycles. The van der Waals surface area contributed by atoms with Crippen LogP contribution in [0.2, 0.25) is 0 Å². The lowest BCUT2D eigenvalue weighted by molar-refractivity contribution is 0.000390. The summed E-state index contributed by atoms with van der Waals surface area (Å²) < 4.78 is 33.2. The van der Waals surface area contributed by atoms with Gasteiger partial charge in [0.05, 0.1) is 12.7 Å². The molecule has 0 spiro atoms. The van der Waals surface area contributed by atoms with Crippen LogP contribution in [0, 0.1) is 0 Å². The molecule has 1 atom stereocenters. The van der Waals surface area contributed by atoms with Gasteiger partial charge in [0.25, 0.3) is 10.2 Å². The minimum atomic E-state index is -3.36. The minimum Gasteiger partial charge on any atom is -0.374 e. The third kappa shape index (κ3) is 3.99. The summed E-state index contributed by atoms with van der Waals surface area (Å²) in [5.74, 6) is 0. The molecule has 1 rings (SSSR count). The van der Waals surface area contributed by atoms with Crippen molar-refractivity contribution in [1.82, 2.24) is 14.3 Å². The molecule has 0 amide bonds. The summed E-state index contributed by atoms with van der Waals surface area (Å²) in [6.45, 7) is 5.55. The standard InChI is InChI=1S/C9H21N3O3S/c1-8(2)11-16(13,14)12-4-5-15-9(7-12)6-10-3/h8-11H,4-7H2,1-3H3. The average molecular weight is 251 g/mol. The number of nitrogens with zero attached hydrogens (tertiary/aromatic N) is 1. The molecule has 7 heteroatoms. The summed E-state index contributed by atoms with van der Waals surface area (Å²) >= 11 is 0. The highest BCUT2D eigenvalue weighted by molar-refractivity contribution is 7.87. The van der Waals surface area contributed by atoms with Gasteiger partial charge in [-0.25, -0.2) is 0 Å². The molecular formula is C9H21N3O3S. The first-order valence-corrected chi connectivity index (χ1v) is 6.93. The molecule has 6 nitrogen and oxygen atoms in total. The molecule has 16 heavy (non-hydrogen) atoms. The van der Waals surface area contributed by atoms with E-state index in [1.807, 2.05) is 20.9 Å². The summed E-state index contributed by atoms with van der Waals surface area (Å²) in [7, 11) is -1.54. The smallest absolute Gasteiger partial charge is 0.279 e. The largest absolute Gasteiger partial charge is 0.374 e. The number of rotatable bonds is 5. The number of likely N-dealkylation sites (N-methyl/N-ethyl adjacent to an activating group) is 1. The normalized spacial score (nSPS) is 23.9. The van der Waals surface area contributed by atoms with Gasteiger partial charge in [0.1, 0.15) is 0 Å². The zero-order chi connectivity index (χ0) is 12.2. The predicted molar refractivity (Wildman–Crippen MR) is 62.4 cm³/mol. The minimum absolute atomic E-state index is 0.0671. The van der Waals surface area contributed by atoms with Crippen LogP contribution in [0.4, 0.5) is 0 Å². The summed E-state index contributed by atoms with van der Waals surface area (Å²) in [5, 5.41) is 2.98. The van der Waals surface area contributed by atoms with Gasteiger partial charge < -0.3 is 10.1 Å². The van der Waals surface area contributed by atoms with Gasteiger partial charge in [0, 0.05) is 25.7 Å². The van der Waals surface area contributed by atoms with E-state index in [1.165, 1.54) is 4.31 Å². The molecule has 0 aromatic carbocycles. The summed E-state index contributed by atoms with van der Waals surface area (Å²) in [6, 6.07) is -0.0874. The van der Waals surface area contributed by atoms with Crippen molar-refractivity contribution in [2.45, 2.75) is 26.0 Å². The molecule has 2 N–H and O–H groups in total. The van der Waals surface area contributed by atoms with E-state index >= 15 is 0 Å².